The minimum absolute atomic E-state index is 0.452. The number of nitrogens with zero attached hydrogens (tertiary/aromatic N) is 2. The van der Waals surface area contributed by atoms with E-state index in [1.165, 1.54) is 11.1 Å². The van der Waals surface area contributed by atoms with Gasteiger partial charge in [-0.2, -0.15) is 0 Å². The van der Waals surface area contributed by atoms with E-state index in [-0.39, 0.29) is 0 Å². The van der Waals surface area contributed by atoms with Gasteiger partial charge in [0.05, 0.1) is 20.8 Å². The maximum atomic E-state index is 5.72. The first-order chi connectivity index (χ1) is 12.2. The Hall–Kier alpha value is -2.86. The molecule has 0 spiro atoms. The van der Waals surface area contributed by atoms with Crippen LogP contribution in [0.2, 0.25) is 0 Å². The molecule has 2 aromatic carbocycles. The first kappa shape index (κ1) is 17.0. The summed E-state index contributed by atoms with van der Waals surface area (Å²) in [4.78, 5) is 0. The molecule has 0 saturated carbocycles. The SMILES string of the molecule is COc1ccc(-c2nnc(CNCc3ccc(C)cc3)o2)cc1OC. The Morgan fingerprint density at radius 2 is 1.68 bits per heavy atom. The van der Waals surface area contributed by atoms with Gasteiger partial charge >= 0.3 is 0 Å². The summed E-state index contributed by atoms with van der Waals surface area (Å²) < 4.78 is 16.3. The lowest BCUT2D eigenvalue weighted by Gasteiger charge is -2.07. The molecule has 1 heterocycles. The second-order valence-corrected chi connectivity index (χ2v) is 5.66. The lowest BCUT2D eigenvalue weighted by Crippen LogP contribution is -2.12. The van der Waals surface area contributed by atoms with E-state index < -0.39 is 0 Å². The Balaban J connectivity index is 1.63. The fraction of sp³-hybridized carbons (Fsp3) is 0.263. The highest BCUT2D eigenvalue weighted by Crippen LogP contribution is 2.31. The standard InChI is InChI=1S/C19H21N3O3/c1-13-4-6-14(7-5-13)11-20-12-18-21-22-19(25-18)15-8-9-16(23-2)17(10-15)24-3/h4-10,20H,11-12H2,1-3H3. The van der Waals surface area contributed by atoms with Gasteiger partial charge in [0.2, 0.25) is 11.8 Å². The zero-order valence-corrected chi connectivity index (χ0v) is 14.6. The molecule has 0 amide bonds. The van der Waals surface area contributed by atoms with Crippen molar-refractivity contribution in [2.45, 2.75) is 20.0 Å². The van der Waals surface area contributed by atoms with Gasteiger partial charge in [0.25, 0.3) is 0 Å². The summed E-state index contributed by atoms with van der Waals surface area (Å²) >= 11 is 0. The second kappa shape index (κ2) is 7.81. The van der Waals surface area contributed by atoms with Crippen molar-refractivity contribution < 1.29 is 13.9 Å². The molecule has 0 aliphatic rings. The van der Waals surface area contributed by atoms with Crippen molar-refractivity contribution in [2.75, 3.05) is 14.2 Å². The van der Waals surface area contributed by atoms with E-state index >= 15 is 0 Å². The van der Waals surface area contributed by atoms with Crippen molar-refractivity contribution in [1.29, 1.82) is 0 Å². The van der Waals surface area contributed by atoms with Crippen molar-refractivity contribution in [1.82, 2.24) is 15.5 Å². The van der Waals surface area contributed by atoms with E-state index in [0.717, 1.165) is 12.1 Å². The van der Waals surface area contributed by atoms with Crippen LogP contribution in [0.15, 0.2) is 46.9 Å². The predicted molar refractivity (Wildman–Crippen MR) is 94.6 cm³/mol. The smallest absolute Gasteiger partial charge is 0.247 e. The van der Waals surface area contributed by atoms with Gasteiger partial charge in [-0.15, -0.1) is 10.2 Å². The summed E-state index contributed by atoms with van der Waals surface area (Å²) in [5.41, 5.74) is 3.25. The van der Waals surface area contributed by atoms with Crippen LogP contribution < -0.4 is 14.8 Å². The fourth-order valence-corrected chi connectivity index (χ4v) is 2.43. The minimum atomic E-state index is 0.452. The Kier molecular flexibility index (Phi) is 5.30. The van der Waals surface area contributed by atoms with Crippen LogP contribution in [0.1, 0.15) is 17.0 Å². The van der Waals surface area contributed by atoms with Crippen molar-refractivity contribution in [3.8, 4) is 23.0 Å². The number of ether oxygens (including phenoxy) is 2. The van der Waals surface area contributed by atoms with Crippen LogP contribution in [0.4, 0.5) is 0 Å². The molecular formula is C19H21N3O3. The normalized spacial score (nSPS) is 10.7. The molecule has 0 atom stereocenters. The van der Waals surface area contributed by atoms with E-state index in [4.69, 9.17) is 13.9 Å². The van der Waals surface area contributed by atoms with Gasteiger partial charge in [-0.05, 0) is 30.7 Å². The molecule has 3 aromatic rings. The third kappa shape index (κ3) is 4.16. The Morgan fingerprint density at radius 3 is 2.40 bits per heavy atom. The van der Waals surface area contributed by atoms with E-state index in [2.05, 4.69) is 46.7 Å². The summed E-state index contributed by atoms with van der Waals surface area (Å²) in [6.07, 6.45) is 0. The van der Waals surface area contributed by atoms with Gasteiger partial charge in [0, 0.05) is 12.1 Å². The number of methoxy groups -OCH3 is 2. The number of nitrogens with one attached hydrogen (secondary N) is 1. The number of rotatable bonds is 7. The molecule has 6 nitrogen and oxygen atoms in total. The molecule has 1 N–H and O–H groups in total. The summed E-state index contributed by atoms with van der Waals surface area (Å²) in [5.74, 6) is 2.27. The minimum Gasteiger partial charge on any atom is -0.493 e. The number of hydrogen-bond acceptors (Lipinski definition) is 6. The van der Waals surface area contributed by atoms with Gasteiger partial charge < -0.3 is 19.2 Å². The monoisotopic (exact) mass is 339 g/mol. The molecule has 130 valence electrons. The van der Waals surface area contributed by atoms with Crippen molar-refractivity contribution >= 4 is 0 Å². The highest BCUT2D eigenvalue weighted by atomic mass is 16.5. The second-order valence-electron chi connectivity index (χ2n) is 5.66. The molecule has 0 unspecified atom stereocenters. The Morgan fingerprint density at radius 1 is 0.920 bits per heavy atom. The molecule has 6 heteroatoms. The number of hydrogen-bond donors (Lipinski definition) is 1. The number of benzene rings is 2. The lowest BCUT2D eigenvalue weighted by molar-refractivity contribution is 0.355. The molecular weight excluding hydrogens is 318 g/mol. The van der Waals surface area contributed by atoms with E-state index in [1.54, 1.807) is 14.2 Å². The summed E-state index contributed by atoms with van der Waals surface area (Å²) in [5, 5.41) is 11.5. The highest BCUT2D eigenvalue weighted by molar-refractivity contribution is 5.59. The zero-order valence-electron chi connectivity index (χ0n) is 14.6. The Bertz CT molecular complexity index is 828. The van der Waals surface area contributed by atoms with E-state index in [1.807, 2.05) is 18.2 Å². The van der Waals surface area contributed by atoms with Crippen LogP contribution in [0.25, 0.3) is 11.5 Å². The van der Waals surface area contributed by atoms with Gasteiger partial charge in [0.15, 0.2) is 11.5 Å². The van der Waals surface area contributed by atoms with Crippen molar-refractivity contribution in [3.05, 3.63) is 59.5 Å². The zero-order chi connectivity index (χ0) is 17.6. The predicted octanol–water partition coefficient (Wildman–Crippen LogP) is 3.35. The van der Waals surface area contributed by atoms with Gasteiger partial charge in [-0.3, -0.25) is 0 Å². The van der Waals surface area contributed by atoms with Gasteiger partial charge in [-0.1, -0.05) is 29.8 Å². The summed E-state index contributed by atoms with van der Waals surface area (Å²) in [6.45, 7) is 3.33. The van der Waals surface area contributed by atoms with Gasteiger partial charge in [0.1, 0.15) is 0 Å². The molecule has 0 aliphatic heterocycles. The van der Waals surface area contributed by atoms with Crippen LogP contribution >= 0.6 is 0 Å². The first-order valence-electron chi connectivity index (χ1n) is 8.00. The number of aromatic nitrogens is 2. The molecule has 0 saturated heterocycles. The van der Waals surface area contributed by atoms with Crippen molar-refractivity contribution in [3.63, 3.8) is 0 Å². The molecule has 0 radical (unpaired) electrons. The maximum absolute atomic E-state index is 5.72. The Labute approximate surface area is 146 Å². The van der Waals surface area contributed by atoms with Crippen molar-refractivity contribution in [2.24, 2.45) is 0 Å². The average Bonchev–Trinajstić information content (AvgIpc) is 3.11. The van der Waals surface area contributed by atoms with Crippen LogP contribution in [0, 0.1) is 6.92 Å². The molecule has 0 fully saturated rings. The van der Waals surface area contributed by atoms with E-state index in [0.29, 0.717) is 29.8 Å². The highest BCUT2D eigenvalue weighted by Gasteiger charge is 2.12. The van der Waals surface area contributed by atoms with Crippen LogP contribution in [0.5, 0.6) is 11.5 Å². The average molecular weight is 339 g/mol. The van der Waals surface area contributed by atoms with E-state index in [9.17, 15) is 0 Å². The van der Waals surface area contributed by atoms with Crippen LogP contribution in [0.3, 0.4) is 0 Å². The molecule has 3 rings (SSSR count). The largest absolute Gasteiger partial charge is 0.493 e. The molecule has 25 heavy (non-hydrogen) atoms. The molecule has 0 bridgehead atoms. The molecule has 0 aliphatic carbocycles. The quantitative estimate of drug-likeness (QED) is 0.712. The number of aryl methyl sites for hydroxylation is 1. The first-order valence-corrected chi connectivity index (χ1v) is 8.00. The van der Waals surface area contributed by atoms with Gasteiger partial charge in [-0.25, -0.2) is 0 Å². The lowest BCUT2D eigenvalue weighted by atomic mass is 10.1. The summed E-state index contributed by atoms with van der Waals surface area (Å²) in [6, 6.07) is 13.9. The molecule has 1 aromatic heterocycles. The topological polar surface area (TPSA) is 69.4 Å². The fourth-order valence-electron chi connectivity index (χ4n) is 2.43. The third-order valence-corrected chi connectivity index (χ3v) is 3.82. The van der Waals surface area contributed by atoms with Crippen LogP contribution in [-0.2, 0) is 13.1 Å². The summed E-state index contributed by atoms with van der Waals surface area (Å²) in [7, 11) is 3.19. The van der Waals surface area contributed by atoms with Crippen LogP contribution in [-0.4, -0.2) is 24.4 Å². The third-order valence-electron chi connectivity index (χ3n) is 3.82. The maximum Gasteiger partial charge on any atom is 0.247 e.